The second-order valence-corrected chi connectivity index (χ2v) is 10.9. The van der Waals surface area contributed by atoms with Crippen molar-refractivity contribution >= 4 is 29.0 Å². The third-order valence-electron chi connectivity index (χ3n) is 8.27. The van der Waals surface area contributed by atoms with Crippen molar-refractivity contribution in [3.05, 3.63) is 167 Å². The molecular formula is C38H36N6O. The zero-order valence-corrected chi connectivity index (χ0v) is 25.0. The quantitative estimate of drug-likeness (QED) is 0.107. The molecule has 0 amide bonds. The summed E-state index contributed by atoms with van der Waals surface area (Å²) in [6.07, 6.45) is 4.42. The second-order valence-electron chi connectivity index (χ2n) is 10.9. The van der Waals surface area contributed by atoms with Crippen molar-refractivity contribution in [3.63, 3.8) is 0 Å². The van der Waals surface area contributed by atoms with Gasteiger partial charge in [0, 0.05) is 54.1 Å². The molecule has 0 spiro atoms. The van der Waals surface area contributed by atoms with E-state index in [1.807, 2.05) is 48.5 Å². The first-order valence-corrected chi connectivity index (χ1v) is 15.0. The van der Waals surface area contributed by atoms with Crippen LogP contribution in [0.3, 0.4) is 0 Å². The van der Waals surface area contributed by atoms with Gasteiger partial charge in [0.25, 0.3) is 0 Å². The second kappa shape index (κ2) is 13.4. The number of anilines is 2. The molecule has 224 valence electrons. The van der Waals surface area contributed by atoms with Gasteiger partial charge in [0.1, 0.15) is 11.4 Å². The molecule has 5 aromatic rings. The van der Waals surface area contributed by atoms with Gasteiger partial charge in [-0.25, -0.2) is 4.98 Å². The zero-order valence-electron chi connectivity index (χ0n) is 25.0. The van der Waals surface area contributed by atoms with E-state index in [4.69, 9.17) is 15.9 Å². The van der Waals surface area contributed by atoms with Crippen LogP contribution in [0.25, 0.3) is 5.57 Å². The molecule has 6 rings (SSSR count). The fraction of sp³-hybridized carbons (Fsp3) is 0.132. The minimum absolute atomic E-state index is 0.334. The number of morpholine rings is 1. The molecule has 1 saturated heterocycles. The predicted octanol–water partition coefficient (Wildman–Crippen LogP) is 6.69. The molecule has 2 heterocycles. The van der Waals surface area contributed by atoms with Crippen LogP contribution in [0, 0.1) is 10.8 Å². The Morgan fingerprint density at radius 1 is 0.778 bits per heavy atom. The largest absolute Gasteiger partial charge is 0.404 e. The van der Waals surface area contributed by atoms with Crippen molar-refractivity contribution < 1.29 is 4.74 Å². The number of nitrogens with two attached hydrogens (primary N) is 1. The van der Waals surface area contributed by atoms with Crippen LogP contribution < -0.4 is 16.0 Å². The van der Waals surface area contributed by atoms with E-state index >= 15 is 0 Å². The predicted molar refractivity (Wildman–Crippen MR) is 183 cm³/mol. The lowest BCUT2D eigenvalue weighted by Crippen LogP contribution is -2.38. The van der Waals surface area contributed by atoms with E-state index in [0.717, 1.165) is 52.4 Å². The van der Waals surface area contributed by atoms with Crippen LogP contribution in [0.1, 0.15) is 33.4 Å². The summed E-state index contributed by atoms with van der Waals surface area (Å²) < 4.78 is 5.54. The van der Waals surface area contributed by atoms with Crippen molar-refractivity contribution in [2.45, 2.75) is 5.54 Å². The number of ether oxygens (including phenoxy) is 1. The average Bonchev–Trinajstić information content (AvgIpc) is 3.13. The summed E-state index contributed by atoms with van der Waals surface area (Å²) in [6.45, 7) is 2.81. The number of aromatic nitrogens is 1. The standard InChI is InChI=1S/C38H36N6O/c39-26-30(27-40)28-16-17-35(34(24-28)37(41)29-18-19-42-36(25-29)44-20-22-45-23-21-44)43-38(31-10-4-1-5-11-31,32-12-6-2-7-13-32)33-14-8-3-9-15-33/h1-19,24-27,39,41,43H,20-23,40H2/b30-27+,39-26?,41-37?. The van der Waals surface area contributed by atoms with Gasteiger partial charge in [0.2, 0.25) is 0 Å². The Kier molecular flexibility index (Phi) is 8.80. The fourth-order valence-electron chi connectivity index (χ4n) is 5.95. The Bertz CT molecular complexity index is 1700. The average molecular weight is 593 g/mol. The smallest absolute Gasteiger partial charge is 0.129 e. The Hall–Kier alpha value is -5.53. The number of pyridine rings is 1. The van der Waals surface area contributed by atoms with Crippen LogP contribution >= 0.6 is 0 Å². The Morgan fingerprint density at radius 3 is 1.89 bits per heavy atom. The lowest BCUT2D eigenvalue weighted by molar-refractivity contribution is 0.122. The van der Waals surface area contributed by atoms with Crippen LogP contribution in [0.2, 0.25) is 0 Å². The van der Waals surface area contributed by atoms with Gasteiger partial charge in [-0.15, -0.1) is 0 Å². The van der Waals surface area contributed by atoms with E-state index in [0.29, 0.717) is 30.1 Å². The molecule has 0 radical (unpaired) electrons. The topological polar surface area (TPSA) is 111 Å². The van der Waals surface area contributed by atoms with Gasteiger partial charge < -0.3 is 26.1 Å². The van der Waals surface area contributed by atoms with Crippen LogP contribution in [0.4, 0.5) is 11.5 Å². The van der Waals surface area contributed by atoms with Crippen molar-refractivity contribution in [1.82, 2.24) is 4.98 Å². The molecule has 1 aromatic heterocycles. The molecule has 7 heteroatoms. The molecule has 0 bridgehead atoms. The van der Waals surface area contributed by atoms with Crippen LogP contribution in [0.5, 0.6) is 0 Å². The Balaban J connectivity index is 1.54. The van der Waals surface area contributed by atoms with Gasteiger partial charge >= 0.3 is 0 Å². The summed E-state index contributed by atoms with van der Waals surface area (Å²) in [5.41, 5.74) is 12.2. The van der Waals surface area contributed by atoms with Gasteiger partial charge in [0.05, 0.1) is 18.9 Å². The van der Waals surface area contributed by atoms with Crippen molar-refractivity contribution in [1.29, 1.82) is 10.8 Å². The van der Waals surface area contributed by atoms with Crippen LogP contribution in [0.15, 0.2) is 134 Å². The SMILES string of the molecule is N=C/C(=C\N)c1ccc(NC(c2ccccc2)(c2ccccc2)c2ccccc2)c(C(=N)c2ccnc(N3CCOCC3)c2)c1. The number of allylic oxidation sites excluding steroid dienone is 1. The van der Waals surface area contributed by atoms with E-state index in [1.165, 1.54) is 12.4 Å². The summed E-state index contributed by atoms with van der Waals surface area (Å²) in [4.78, 5) is 6.80. The van der Waals surface area contributed by atoms with Crippen molar-refractivity contribution in [2.75, 3.05) is 36.5 Å². The fourth-order valence-corrected chi connectivity index (χ4v) is 5.95. The van der Waals surface area contributed by atoms with Gasteiger partial charge in [-0.3, -0.25) is 5.41 Å². The first-order chi connectivity index (χ1) is 22.1. The Morgan fingerprint density at radius 2 is 1.36 bits per heavy atom. The summed E-state index contributed by atoms with van der Waals surface area (Å²) in [5.74, 6) is 0.820. The maximum Gasteiger partial charge on any atom is 0.129 e. The monoisotopic (exact) mass is 592 g/mol. The number of hydrogen-bond acceptors (Lipinski definition) is 7. The van der Waals surface area contributed by atoms with Gasteiger partial charge in [-0.1, -0.05) is 97.1 Å². The van der Waals surface area contributed by atoms with Gasteiger partial charge in [-0.05, 0) is 46.5 Å². The van der Waals surface area contributed by atoms with E-state index in [-0.39, 0.29) is 0 Å². The lowest BCUT2D eigenvalue weighted by atomic mass is 9.76. The Labute approximate surface area is 264 Å². The molecular weight excluding hydrogens is 556 g/mol. The highest BCUT2D eigenvalue weighted by Crippen LogP contribution is 2.41. The molecule has 1 aliphatic heterocycles. The van der Waals surface area contributed by atoms with Crippen molar-refractivity contribution in [3.8, 4) is 0 Å². The zero-order chi connectivity index (χ0) is 31.1. The third kappa shape index (κ3) is 5.98. The van der Waals surface area contributed by atoms with Crippen LogP contribution in [-0.4, -0.2) is 43.2 Å². The van der Waals surface area contributed by atoms with Gasteiger partial charge in [-0.2, -0.15) is 0 Å². The van der Waals surface area contributed by atoms with Crippen molar-refractivity contribution in [2.24, 2.45) is 5.73 Å². The maximum absolute atomic E-state index is 9.58. The molecule has 7 nitrogen and oxygen atoms in total. The minimum Gasteiger partial charge on any atom is -0.404 e. The normalized spacial score (nSPS) is 13.7. The lowest BCUT2D eigenvalue weighted by Gasteiger charge is -2.38. The summed E-state index contributed by atoms with van der Waals surface area (Å²) in [5, 5.41) is 21.5. The molecule has 1 fully saturated rings. The summed E-state index contributed by atoms with van der Waals surface area (Å²) in [7, 11) is 0. The van der Waals surface area contributed by atoms with Gasteiger partial charge in [0.15, 0.2) is 0 Å². The van der Waals surface area contributed by atoms with E-state index in [9.17, 15) is 5.41 Å². The molecule has 1 aliphatic rings. The number of hydrogen-bond donors (Lipinski definition) is 4. The minimum atomic E-state index is -0.786. The summed E-state index contributed by atoms with van der Waals surface area (Å²) >= 11 is 0. The van der Waals surface area contributed by atoms with E-state index in [2.05, 4.69) is 88.0 Å². The van der Waals surface area contributed by atoms with E-state index < -0.39 is 5.54 Å². The first-order valence-electron chi connectivity index (χ1n) is 15.0. The molecule has 5 N–H and O–H groups in total. The molecule has 4 aromatic carbocycles. The number of nitrogens with zero attached hydrogens (tertiary/aromatic N) is 2. The molecule has 0 unspecified atom stereocenters. The number of nitrogens with one attached hydrogen (secondary N) is 3. The summed E-state index contributed by atoms with van der Waals surface area (Å²) in [6, 6.07) is 40.9. The molecule has 0 saturated carbocycles. The highest BCUT2D eigenvalue weighted by atomic mass is 16.5. The first kappa shape index (κ1) is 29.5. The number of benzene rings is 4. The molecule has 0 aliphatic carbocycles. The third-order valence-corrected chi connectivity index (χ3v) is 8.27. The van der Waals surface area contributed by atoms with Crippen LogP contribution in [-0.2, 0) is 10.3 Å². The molecule has 45 heavy (non-hydrogen) atoms. The maximum atomic E-state index is 9.58. The highest BCUT2D eigenvalue weighted by molar-refractivity contribution is 6.16. The molecule has 0 atom stereocenters. The number of rotatable bonds is 10. The van der Waals surface area contributed by atoms with E-state index in [1.54, 1.807) is 6.20 Å². The highest BCUT2D eigenvalue weighted by Gasteiger charge is 2.37.